The van der Waals surface area contributed by atoms with Crippen molar-refractivity contribution < 1.29 is 4.79 Å². The fourth-order valence-electron chi connectivity index (χ4n) is 3.24. The predicted molar refractivity (Wildman–Crippen MR) is 69.4 cm³/mol. The molecule has 0 spiro atoms. The normalized spacial score (nSPS) is 28.9. The highest BCUT2D eigenvalue weighted by Crippen LogP contribution is 2.46. The molecule has 0 radical (unpaired) electrons. The van der Waals surface area contributed by atoms with Gasteiger partial charge in [0, 0.05) is 12.8 Å². The van der Waals surface area contributed by atoms with Gasteiger partial charge in [-0.2, -0.15) is 0 Å². The monoisotopic (exact) mass is 222 g/mol. The van der Waals surface area contributed by atoms with E-state index in [1.165, 1.54) is 12.0 Å². The minimum absolute atomic E-state index is 0.203. The smallest absolute Gasteiger partial charge is 0.133 e. The van der Waals surface area contributed by atoms with Crippen LogP contribution in [0.25, 0.3) is 0 Å². The van der Waals surface area contributed by atoms with E-state index in [1.807, 2.05) is 0 Å². The van der Waals surface area contributed by atoms with Crippen LogP contribution >= 0.6 is 0 Å². The van der Waals surface area contributed by atoms with E-state index in [9.17, 15) is 4.79 Å². The van der Waals surface area contributed by atoms with E-state index < -0.39 is 0 Å². The summed E-state index contributed by atoms with van der Waals surface area (Å²) >= 11 is 0. The highest BCUT2D eigenvalue weighted by molar-refractivity contribution is 5.80. The summed E-state index contributed by atoms with van der Waals surface area (Å²) in [4.78, 5) is 11.8. The molecule has 16 heavy (non-hydrogen) atoms. The molecule has 0 aromatic rings. The maximum absolute atomic E-state index is 11.8. The van der Waals surface area contributed by atoms with Gasteiger partial charge in [-0.25, -0.2) is 0 Å². The molecule has 0 heterocycles. The van der Waals surface area contributed by atoms with Gasteiger partial charge in [-0.15, -0.1) is 0 Å². The molecule has 1 atom stereocenters. The van der Waals surface area contributed by atoms with Gasteiger partial charge in [0.1, 0.15) is 5.78 Å². The number of rotatable bonds is 3. The Bertz CT molecular complexity index is 295. The van der Waals surface area contributed by atoms with Crippen LogP contribution in [-0.4, -0.2) is 5.78 Å². The van der Waals surface area contributed by atoms with Gasteiger partial charge in [0.15, 0.2) is 0 Å². The number of ketones is 1. The van der Waals surface area contributed by atoms with Crippen LogP contribution in [0.2, 0.25) is 0 Å². The molecule has 1 heteroatoms. The molecule has 0 saturated heterocycles. The molecule has 1 nitrogen and oxygen atoms in total. The first-order chi connectivity index (χ1) is 7.22. The average Bonchev–Trinajstić information content (AvgIpc) is 1.96. The fourth-order valence-corrected chi connectivity index (χ4v) is 3.24. The number of hydrogen-bond donors (Lipinski definition) is 0. The number of Topliss-reactive ketones (excluding diaryl/α,β-unsaturated/α-hetero) is 1. The summed E-state index contributed by atoms with van der Waals surface area (Å²) in [6, 6.07) is 0. The number of allylic oxidation sites excluding steroid dienone is 2. The second-order valence-corrected chi connectivity index (χ2v) is 6.86. The van der Waals surface area contributed by atoms with Crippen molar-refractivity contribution in [2.75, 3.05) is 0 Å². The minimum atomic E-state index is 0.203. The first-order valence-corrected chi connectivity index (χ1v) is 6.38. The summed E-state index contributed by atoms with van der Waals surface area (Å²) in [6.07, 6.45) is 7.29. The topological polar surface area (TPSA) is 17.1 Å². The van der Waals surface area contributed by atoms with Crippen molar-refractivity contribution >= 4 is 5.78 Å². The molecule has 0 bridgehead atoms. The standard InChI is InChI=1S/C15H26O/c1-12(2)7-6-8-15(5)10-13(16)9-14(3,4)11-15/h7H,6,8-11H2,1-5H3. The van der Waals surface area contributed by atoms with Gasteiger partial charge in [0.2, 0.25) is 0 Å². The summed E-state index contributed by atoms with van der Waals surface area (Å²) in [5.74, 6) is 0.455. The third-order valence-corrected chi connectivity index (χ3v) is 3.51. The molecular formula is C15H26O. The van der Waals surface area contributed by atoms with Gasteiger partial charge in [0.25, 0.3) is 0 Å². The van der Waals surface area contributed by atoms with Crippen molar-refractivity contribution in [3.8, 4) is 0 Å². The summed E-state index contributed by atoms with van der Waals surface area (Å²) < 4.78 is 0. The van der Waals surface area contributed by atoms with Gasteiger partial charge in [-0.3, -0.25) is 4.79 Å². The van der Waals surface area contributed by atoms with E-state index in [2.05, 4.69) is 40.7 Å². The molecule has 1 aliphatic carbocycles. The first-order valence-electron chi connectivity index (χ1n) is 6.38. The maximum atomic E-state index is 11.8. The molecule has 1 unspecified atom stereocenters. The number of carbonyl (C=O) groups excluding carboxylic acids is 1. The van der Waals surface area contributed by atoms with E-state index in [-0.39, 0.29) is 10.8 Å². The highest BCUT2D eigenvalue weighted by Gasteiger charge is 2.39. The van der Waals surface area contributed by atoms with E-state index in [0.717, 1.165) is 25.7 Å². The highest BCUT2D eigenvalue weighted by atomic mass is 16.1. The largest absolute Gasteiger partial charge is 0.300 e. The zero-order valence-electron chi connectivity index (χ0n) is 11.5. The van der Waals surface area contributed by atoms with Crippen LogP contribution in [-0.2, 0) is 4.79 Å². The summed E-state index contributed by atoms with van der Waals surface area (Å²) in [6.45, 7) is 11.0. The fraction of sp³-hybridized carbons (Fsp3) is 0.800. The molecule has 0 aromatic heterocycles. The van der Waals surface area contributed by atoms with Crippen molar-refractivity contribution in [1.82, 2.24) is 0 Å². The van der Waals surface area contributed by atoms with Gasteiger partial charge < -0.3 is 0 Å². The Kier molecular flexibility index (Phi) is 3.98. The Morgan fingerprint density at radius 2 is 1.88 bits per heavy atom. The zero-order valence-corrected chi connectivity index (χ0v) is 11.5. The van der Waals surface area contributed by atoms with Crippen LogP contribution in [0.1, 0.15) is 66.7 Å². The van der Waals surface area contributed by atoms with Crippen molar-refractivity contribution in [3.05, 3.63) is 11.6 Å². The second kappa shape index (κ2) is 4.73. The summed E-state index contributed by atoms with van der Waals surface area (Å²) in [5, 5.41) is 0. The van der Waals surface area contributed by atoms with Crippen molar-refractivity contribution in [1.29, 1.82) is 0 Å². The van der Waals surface area contributed by atoms with Crippen LogP contribution in [0.15, 0.2) is 11.6 Å². The minimum Gasteiger partial charge on any atom is -0.300 e. The molecule has 1 fully saturated rings. The Morgan fingerprint density at radius 3 is 2.38 bits per heavy atom. The van der Waals surface area contributed by atoms with Crippen LogP contribution < -0.4 is 0 Å². The first kappa shape index (κ1) is 13.5. The molecule has 92 valence electrons. The van der Waals surface area contributed by atoms with Crippen molar-refractivity contribution in [3.63, 3.8) is 0 Å². The van der Waals surface area contributed by atoms with E-state index in [4.69, 9.17) is 0 Å². The van der Waals surface area contributed by atoms with Crippen molar-refractivity contribution in [2.45, 2.75) is 66.7 Å². The van der Waals surface area contributed by atoms with E-state index >= 15 is 0 Å². The Labute approximate surface area is 100 Å². The molecule has 0 aromatic carbocycles. The summed E-state index contributed by atoms with van der Waals surface area (Å²) in [5.41, 5.74) is 1.81. The Hall–Kier alpha value is -0.590. The molecule has 1 aliphatic rings. The predicted octanol–water partition coefficient (Wildman–Crippen LogP) is 4.52. The van der Waals surface area contributed by atoms with Crippen LogP contribution in [0, 0.1) is 10.8 Å². The lowest BCUT2D eigenvalue weighted by molar-refractivity contribution is -0.127. The van der Waals surface area contributed by atoms with Crippen LogP contribution in [0.3, 0.4) is 0 Å². The Morgan fingerprint density at radius 1 is 1.25 bits per heavy atom. The van der Waals surface area contributed by atoms with Gasteiger partial charge >= 0.3 is 0 Å². The van der Waals surface area contributed by atoms with E-state index in [1.54, 1.807) is 0 Å². The third kappa shape index (κ3) is 4.11. The maximum Gasteiger partial charge on any atom is 0.133 e. The number of hydrogen-bond acceptors (Lipinski definition) is 1. The average molecular weight is 222 g/mol. The van der Waals surface area contributed by atoms with Crippen LogP contribution in [0.4, 0.5) is 0 Å². The Balaban J connectivity index is 2.62. The quantitative estimate of drug-likeness (QED) is 0.642. The van der Waals surface area contributed by atoms with Gasteiger partial charge in [-0.05, 0) is 43.9 Å². The number of carbonyl (C=O) groups is 1. The van der Waals surface area contributed by atoms with Gasteiger partial charge in [-0.1, -0.05) is 32.4 Å². The van der Waals surface area contributed by atoms with Crippen LogP contribution in [0.5, 0.6) is 0 Å². The zero-order chi connectivity index (χ0) is 12.4. The van der Waals surface area contributed by atoms with Crippen molar-refractivity contribution in [2.24, 2.45) is 10.8 Å². The molecule has 1 saturated carbocycles. The second-order valence-electron chi connectivity index (χ2n) is 6.86. The lowest BCUT2D eigenvalue weighted by Gasteiger charge is -2.42. The molecular weight excluding hydrogens is 196 g/mol. The van der Waals surface area contributed by atoms with E-state index in [0.29, 0.717) is 5.78 Å². The lowest BCUT2D eigenvalue weighted by atomic mass is 9.62. The SMILES string of the molecule is CC(C)=CCCC1(C)CC(=O)CC(C)(C)C1. The molecule has 0 N–H and O–H groups in total. The summed E-state index contributed by atoms with van der Waals surface area (Å²) in [7, 11) is 0. The third-order valence-electron chi connectivity index (χ3n) is 3.51. The molecule has 0 amide bonds. The molecule has 0 aliphatic heterocycles. The molecule has 1 rings (SSSR count). The van der Waals surface area contributed by atoms with Gasteiger partial charge in [0.05, 0.1) is 0 Å². The lowest BCUT2D eigenvalue weighted by Crippen LogP contribution is -2.35.